The summed E-state index contributed by atoms with van der Waals surface area (Å²) in [5.41, 5.74) is 0.358. The van der Waals surface area contributed by atoms with Gasteiger partial charge in [0.05, 0.1) is 11.8 Å². The maximum Gasteiger partial charge on any atom is 0.329 e. The monoisotopic (exact) mass is 386 g/mol. The lowest BCUT2D eigenvalue weighted by Gasteiger charge is -2.23. The van der Waals surface area contributed by atoms with Crippen LogP contribution in [0.4, 0.5) is 10.1 Å². The van der Waals surface area contributed by atoms with Gasteiger partial charge in [-0.3, -0.25) is 19.3 Å². The lowest BCUT2D eigenvalue weighted by Crippen LogP contribution is -2.45. The molecule has 3 amide bonds. The predicted octanol–water partition coefficient (Wildman–Crippen LogP) is 1.50. The van der Waals surface area contributed by atoms with Crippen molar-refractivity contribution in [2.75, 3.05) is 11.9 Å². The molecule has 1 saturated carbocycles. The molecule has 4 rings (SSSR count). The van der Waals surface area contributed by atoms with E-state index in [0.717, 1.165) is 11.3 Å². The first-order valence-corrected chi connectivity index (χ1v) is 9.14. The van der Waals surface area contributed by atoms with Crippen molar-refractivity contribution < 1.29 is 28.3 Å². The fourth-order valence-electron chi connectivity index (χ4n) is 4.40. The highest BCUT2D eigenvalue weighted by Crippen LogP contribution is 2.52. The normalized spacial score (nSPS) is 28.4. The van der Waals surface area contributed by atoms with Crippen molar-refractivity contribution in [3.05, 3.63) is 42.2 Å². The van der Waals surface area contributed by atoms with Crippen LogP contribution in [0.5, 0.6) is 0 Å². The molecule has 0 radical (unpaired) electrons. The maximum absolute atomic E-state index is 12.9. The number of anilines is 1. The van der Waals surface area contributed by atoms with E-state index < -0.39 is 30.3 Å². The van der Waals surface area contributed by atoms with E-state index in [9.17, 15) is 23.6 Å². The summed E-state index contributed by atoms with van der Waals surface area (Å²) in [6.45, 7) is 0.850. The standard InChI is InChI=1S/C20H19FN2O5/c1-10(20(27)28-9-15(24)22-14-6-4-13(21)5-7-14)23-18(25)16-11-2-3-12(8-11)17(16)19(23)26/h2-7,10-12,16-17H,8-9H2,1H3,(H,22,24)/t10-,11-,12-,16-,17+/m0/s1. The van der Waals surface area contributed by atoms with E-state index >= 15 is 0 Å². The fourth-order valence-corrected chi connectivity index (χ4v) is 4.40. The first-order chi connectivity index (χ1) is 13.4. The molecule has 1 aromatic rings. The third kappa shape index (κ3) is 2.98. The second-order valence-electron chi connectivity index (χ2n) is 7.39. The Morgan fingerprint density at radius 2 is 1.71 bits per heavy atom. The molecule has 2 aliphatic carbocycles. The van der Waals surface area contributed by atoms with Crippen molar-refractivity contribution in [2.24, 2.45) is 23.7 Å². The molecule has 1 heterocycles. The summed E-state index contributed by atoms with van der Waals surface area (Å²) >= 11 is 0. The molecular weight excluding hydrogens is 367 g/mol. The zero-order valence-corrected chi connectivity index (χ0v) is 15.1. The number of hydrogen-bond acceptors (Lipinski definition) is 5. The van der Waals surface area contributed by atoms with E-state index in [2.05, 4.69) is 5.32 Å². The summed E-state index contributed by atoms with van der Waals surface area (Å²) in [4.78, 5) is 50.6. The Morgan fingerprint density at radius 1 is 1.14 bits per heavy atom. The number of nitrogens with one attached hydrogen (secondary N) is 1. The maximum atomic E-state index is 12.9. The van der Waals surface area contributed by atoms with Crippen molar-refractivity contribution in [3.63, 3.8) is 0 Å². The molecule has 8 heteroatoms. The van der Waals surface area contributed by atoms with Gasteiger partial charge in [-0.2, -0.15) is 0 Å². The Hall–Kier alpha value is -3.03. The number of likely N-dealkylation sites (tertiary alicyclic amines) is 1. The number of carbonyl (C=O) groups is 4. The second kappa shape index (κ2) is 6.85. The van der Waals surface area contributed by atoms with E-state index in [-0.39, 0.29) is 35.5 Å². The molecule has 1 saturated heterocycles. The minimum Gasteiger partial charge on any atom is -0.454 e. The third-order valence-corrected chi connectivity index (χ3v) is 5.71. The minimum atomic E-state index is -1.09. The number of imide groups is 1. The molecule has 28 heavy (non-hydrogen) atoms. The molecule has 1 aliphatic heterocycles. The Labute approximate surface area is 160 Å². The number of rotatable bonds is 5. The van der Waals surface area contributed by atoms with Crippen LogP contribution >= 0.6 is 0 Å². The van der Waals surface area contributed by atoms with Crippen LogP contribution in [0.15, 0.2) is 36.4 Å². The molecule has 0 spiro atoms. The van der Waals surface area contributed by atoms with Crippen molar-refractivity contribution >= 4 is 29.4 Å². The van der Waals surface area contributed by atoms with E-state index in [4.69, 9.17) is 4.74 Å². The Kier molecular flexibility index (Phi) is 4.49. The average molecular weight is 386 g/mol. The zero-order chi connectivity index (χ0) is 20.0. The van der Waals surface area contributed by atoms with Crippen LogP contribution in [0.3, 0.4) is 0 Å². The molecule has 0 unspecified atom stereocenters. The predicted molar refractivity (Wildman–Crippen MR) is 95.0 cm³/mol. The summed E-state index contributed by atoms with van der Waals surface area (Å²) in [6.07, 6.45) is 4.76. The van der Waals surface area contributed by atoms with Crippen molar-refractivity contribution in [1.82, 2.24) is 4.90 Å². The van der Waals surface area contributed by atoms with Gasteiger partial charge < -0.3 is 10.1 Å². The Balaban J connectivity index is 1.34. The van der Waals surface area contributed by atoms with Gasteiger partial charge in [0.15, 0.2) is 6.61 Å². The summed E-state index contributed by atoms with van der Waals surface area (Å²) in [7, 11) is 0. The van der Waals surface area contributed by atoms with Gasteiger partial charge in [-0.15, -0.1) is 0 Å². The molecule has 1 aromatic carbocycles. The molecular formula is C20H19FN2O5. The van der Waals surface area contributed by atoms with Gasteiger partial charge in [0.25, 0.3) is 5.91 Å². The molecule has 146 valence electrons. The summed E-state index contributed by atoms with van der Waals surface area (Å²) in [5, 5.41) is 2.46. The van der Waals surface area contributed by atoms with E-state index in [0.29, 0.717) is 5.69 Å². The number of halogens is 1. The number of allylic oxidation sites excluding steroid dienone is 2. The zero-order valence-electron chi connectivity index (χ0n) is 15.1. The van der Waals surface area contributed by atoms with Crippen LogP contribution in [0.25, 0.3) is 0 Å². The topological polar surface area (TPSA) is 92.8 Å². The largest absolute Gasteiger partial charge is 0.454 e. The minimum absolute atomic E-state index is 0.0566. The van der Waals surface area contributed by atoms with E-state index in [1.165, 1.54) is 31.2 Å². The number of benzene rings is 1. The number of carbonyl (C=O) groups excluding carboxylic acids is 4. The lowest BCUT2D eigenvalue weighted by molar-refractivity contribution is -0.159. The molecule has 1 N–H and O–H groups in total. The third-order valence-electron chi connectivity index (χ3n) is 5.71. The van der Waals surface area contributed by atoms with Crippen molar-refractivity contribution in [1.29, 1.82) is 0 Å². The number of esters is 1. The van der Waals surface area contributed by atoms with Crippen LogP contribution in [0.1, 0.15) is 13.3 Å². The van der Waals surface area contributed by atoms with Gasteiger partial charge in [-0.05, 0) is 49.4 Å². The smallest absolute Gasteiger partial charge is 0.329 e. The first kappa shape index (κ1) is 18.3. The van der Waals surface area contributed by atoms with Gasteiger partial charge >= 0.3 is 5.97 Å². The number of ether oxygens (including phenoxy) is 1. The van der Waals surface area contributed by atoms with Crippen molar-refractivity contribution in [3.8, 4) is 0 Å². The van der Waals surface area contributed by atoms with E-state index in [1.807, 2.05) is 12.2 Å². The number of amides is 3. The Morgan fingerprint density at radius 3 is 2.29 bits per heavy atom. The van der Waals surface area contributed by atoms with Crippen molar-refractivity contribution in [2.45, 2.75) is 19.4 Å². The highest BCUT2D eigenvalue weighted by molar-refractivity contribution is 6.09. The molecule has 2 bridgehead atoms. The molecule has 7 nitrogen and oxygen atoms in total. The summed E-state index contributed by atoms with van der Waals surface area (Å²) in [5.74, 6) is -3.21. The van der Waals surface area contributed by atoms with Crippen LogP contribution in [-0.2, 0) is 23.9 Å². The Bertz CT molecular complexity index is 851. The van der Waals surface area contributed by atoms with Gasteiger partial charge in [-0.1, -0.05) is 12.2 Å². The first-order valence-electron chi connectivity index (χ1n) is 9.14. The second-order valence-corrected chi connectivity index (χ2v) is 7.39. The molecule has 2 fully saturated rings. The van der Waals surface area contributed by atoms with Gasteiger partial charge in [0.2, 0.25) is 11.8 Å². The summed E-state index contributed by atoms with van der Waals surface area (Å²) < 4.78 is 17.8. The molecule has 5 atom stereocenters. The average Bonchev–Trinajstić information content (AvgIpc) is 3.35. The molecule has 0 aromatic heterocycles. The fraction of sp³-hybridized carbons (Fsp3) is 0.400. The highest BCUT2D eigenvalue weighted by Gasteiger charge is 2.60. The van der Waals surface area contributed by atoms with Crippen LogP contribution in [0, 0.1) is 29.5 Å². The number of fused-ring (bicyclic) bond motifs is 5. The highest BCUT2D eigenvalue weighted by atomic mass is 19.1. The van der Waals surface area contributed by atoms with Gasteiger partial charge in [-0.25, -0.2) is 9.18 Å². The molecule has 3 aliphatic rings. The van der Waals surface area contributed by atoms with Crippen LogP contribution in [0.2, 0.25) is 0 Å². The summed E-state index contributed by atoms with van der Waals surface area (Å²) in [6, 6.07) is 4.03. The van der Waals surface area contributed by atoms with Gasteiger partial charge in [0, 0.05) is 5.69 Å². The van der Waals surface area contributed by atoms with Crippen LogP contribution < -0.4 is 5.32 Å². The quantitative estimate of drug-likeness (QED) is 0.470. The SMILES string of the molecule is C[C@@H](C(=O)OCC(=O)Nc1ccc(F)cc1)N1C(=O)[C@@H]2[C@H](C1=O)[C@H]1C=C[C@H]2C1. The number of hydrogen-bond donors (Lipinski definition) is 1. The van der Waals surface area contributed by atoms with Gasteiger partial charge in [0.1, 0.15) is 11.9 Å². The van der Waals surface area contributed by atoms with Crippen LogP contribution in [-0.4, -0.2) is 41.2 Å². The number of nitrogens with zero attached hydrogens (tertiary/aromatic N) is 1. The lowest BCUT2D eigenvalue weighted by atomic mass is 9.85. The van der Waals surface area contributed by atoms with E-state index in [1.54, 1.807) is 0 Å².